The van der Waals surface area contributed by atoms with Gasteiger partial charge in [-0.25, -0.2) is 9.59 Å². The zero-order valence-corrected chi connectivity index (χ0v) is 28.2. The fourth-order valence-corrected chi connectivity index (χ4v) is 9.32. The Morgan fingerprint density at radius 1 is 0.977 bits per heavy atom. The number of ether oxygens (including phenoxy) is 6. The highest BCUT2D eigenvalue weighted by atomic mass is 16.7. The molecule has 0 aromatic heterocycles. The summed E-state index contributed by atoms with van der Waals surface area (Å²) in [6.45, 7) is 13.0. The molecule has 0 aromatic rings. The van der Waals surface area contributed by atoms with Crippen LogP contribution in [0.5, 0.6) is 0 Å². The predicted octanol–water partition coefficient (Wildman–Crippen LogP) is 7.42. The number of allylic oxidation sites excluding steroid dienone is 3. The van der Waals surface area contributed by atoms with Crippen molar-refractivity contribution in [2.24, 2.45) is 40.4 Å². The van der Waals surface area contributed by atoms with Crippen molar-refractivity contribution in [3.63, 3.8) is 0 Å². The first-order chi connectivity index (χ1) is 20.8. The van der Waals surface area contributed by atoms with Gasteiger partial charge in [0.1, 0.15) is 24.6 Å². The molecule has 0 bridgehead atoms. The zero-order valence-electron chi connectivity index (χ0n) is 28.2. The minimum Gasteiger partial charge on any atom is -0.438 e. The quantitative estimate of drug-likeness (QED) is 0.173. The topological polar surface area (TPSA) is 107 Å². The fourth-order valence-electron chi connectivity index (χ4n) is 9.32. The summed E-state index contributed by atoms with van der Waals surface area (Å²) in [6, 6.07) is 0. The lowest BCUT2D eigenvalue weighted by molar-refractivity contribution is -0.157. The van der Waals surface area contributed by atoms with E-state index in [1.54, 1.807) is 7.11 Å². The Bertz CT molecular complexity index is 1140. The van der Waals surface area contributed by atoms with E-state index in [0.29, 0.717) is 37.0 Å². The minimum absolute atomic E-state index is 0.101. The molecular weight excluding hydrogens is 564 g/mol. The molecule has 4 aliphatic rings. The maximum Gasteiger partial charge on any atom is 0.508 e. The minimum atomic E-state index is -0.876. The molecule has 0 aliphatic heterocycles. The standard InChI is InChI=1S/C35H54O9/c1-10-22(17-29(36)33(3,4)42-20-39-7)21(2)26-13-14-27-25-12-11-23-18-24(43-31(37)40-8)19-30(44-32(38)41-9)35(23,6)28(25)15-16-34(26,27)5/h11-12,21-22,24,26-28,30H,10,13-20H2,1-9H3/t21-,22+,24+,26+,27-,28?,30-,34+,35-/m0/s1. The second-order valence-electron chi connectivity index (χ2n) is 14.4. The third kappa shape index (κ3) is 6.33. The van der Waals surface area contributed by atoms with Crippen LogP contribution in [0.15, 0.2) is 23.3 Å². The van der Waals surface area contributed by atoms with Crippen molar-refractivity contribution in [3.05, 3.63) is 23.3 Å². The Balaban J connectivity index is 1.58. The van der Waals surface area contributed by atoms with Crippen LogP contribution in [-0.2, 0) is 33.2 Å². The second-order valence-corrected chi connectivity index (χ2v) is 14.4. The van der Waals surface area contributed by atoms with E-state index in [1.807, 2.05) is 13.8 Å². The zero-order chi connectivity index (χ0) is 32.4. The number of ketones is 1. The number of hydrogen-bond donors (Lipinski definition) is 0. The Labute approximate surface area is 263 Å². The van der Waals surface area contributed by atoms with Crippen molar-refractivity contribution in [1.82, 2.24) is 0 Å². The molecule has 9 atom stereocenters. The number of fused-ring (bicyclic) bond motifs is 5. The molecule has 0 spiro atoms. The molecule has 9 heteroatoms. The van der Waals surface area contributed by atoms with Crippen LogP contribution in [0.1, 0.15) is 92.9 Å². The average Bonchev–Trinajstić information content (AvgIpc) is 3.35. The van der Waals surface area contributed by atoms with Crippen molar-refractivity contribution < 1.29 is 42.8 Å². The second kappa shape index (κ2) is 13.5. The summed E-state index contributed by atoms with van der Waals surface area (Å²) < 4.78 is 31.9. The number of methoxy groups -OCH3 is 3. The Morgan fingerprint density at radius 3 is 2.30 bits per heavy atom. The molecule has 44 heavy (non-hydrogen) atoms. The molecule has 1 unspecified atom stereocenters. The first kappa shape index (κ1) is 34.5. The molecule has 3 saturated carbocycles. The molecule has 0 radical (unpaired) electrons. The molecule has 4 aliphatic carbocycles. The molecule has 0 saturated heterocycles. The van der Waals surface area contributed by atoms with Crippen molar-refractivity contribution >= 4 is 18.1 Å². The van der Waals surface area contributed by atoms with E-state index in [-0.39, 0.29) is 29.8 Å². The van der Waals surface area contributed by atoms with Crippen LogP contribution in [0.3, 0.4) is 0 Å². The molecule has 0 amide bonds. The van der Waals surface area contributed by atoms with Gasteiger partial charge in [0.2, 0.25) is 0 Å². The van der Waals surface area contributed by atoms with Gasteiger partial charge >= 0.3 is 12.3 Å². The van der Waals surface area contributed by atoms with Crippen molar-refractivity contribution in [3.8, 4) is 0 Å². The number of carbonyl (C=O) groups is 3. The maximum absolute atomic E-state index is 13.3. The smallest absolute Gasteiger partial charge is 0.438 e. The van der Waals surface area contributed by atoms with Gasteiger partial charge in [-0.3, -0.25) is 4.79 Å². The van der Waals surface area contributed by atoms with Gasteiger partial charge in [-0.2, -0.15) is 0 Å². The third-order valence-electron chi connectivity index (χ3n) is 12.1. The van der Waals surface area contributed by atoms with Crippen LogP contribution in [0.2, 0.25) is 0 Å². The summed E-state index contributed by atoms with van der Waals surface area (Å²) in [7, 11) is 4.18. The van der Waals surface area contributed by atoms with E-state index in [9.17, 15) is 14.4 Å². The van der Waals surface area contributed by atoms with Crippen LogP contribution in [0, 0.1) is 40.4 Å². The monoisotopic (exact) mass is 618 g/mol. The highest BCUT2D eigenvalue weighted by Crippen LogP contribution is 2.67. The third-order valence-corrected chi connectivity index (χ3v) is 12.1. The van der Waals surface area contributed by atoms with Crippen molar-refractivity contribution in [1.29, 1.82) is 0 Å². The highest BCUT2D eigenvalue weighted by Gasteiger charge is 2.60. The van der Waals surface area contributed by atoms with Gasteiger partial charge in [0.05, 0.1) is 14.2 Å². The van der Waals surface area contributed by atoms with Gasteiger partial charge in [0, 0.05) is 31.8 Å². The van der Waals surface area contributed by atoms with E-state index in [2.05, 4.69) is 39.8 Å². The first-order valence-corrected chi connectivity index (χ1v) is 16.3. The maximum atomic E-state index is 13.3. The summed E-state index contributed by atoms with van der Waals surface area (Å²) in [5.74, 6) is 1.92. The molecule has 9 nitrogen and oxygen atoms in total. The lowest BCUT2D eigenvalue weighted by atomic mass is 9.49. The number of Topliss-reactive ketones (excluding diaryl/α,β-unsaturated/α-hetero) is 1. The van der Waals surface area contributed by atoms with Gasteiger partial charge in [0.25, 0.3) is 0 Å². The summed E-state index contributed by atoms with van der Waals surface area (Å²) in [4.78, 5) is 37.7. The summed E-state index contributed by atoms with van der Waals surface area (Å²) in [5.41, 5.74) is 1.40. The lowest BCUT2D eigenvalue weighted by Crippen LogP contribution is -2.54. The van der Waals surface area contributed by atoms with E-state index >= 15 is 0 Å². The van der Waals surface area contributed by atoms with Gasteiger partial charge in [0.15, 0.2) is 5.78 Å². The molecule has 0 N–H and O–H groups in total. The van der Waals surface area contributed by atoms with E-state index in [0.717, 1.165) is 37.7 Å². The van der Waals surface area contributed by atoms with E-state index in [4.69, 9.17) is 28.4 Å². The van der Waals surface area contributed by atoms with Crippen molar-refractivity contribution in [2.45, 2.75) is 111 Å². The van der Waals surface area contributed by atoms with Gasteiger partial charge in [-0.05, 0) is 74.5 Å². The Kier molecular flexibility index (Phi) is 10.6. The predicted molar refractivity (Wildman–Crippen MR) is 165 cm³/mol. The van der Waals surface area contributed by atoms with Crippen LogP contribution in [0.4, 0.5) is 9.59 Å². The fraction of sp³-hybridized carbons (Fsp3) is 0.800. The summed E-state index contributed by atoms with van der Waals surface area (Å²) in [6.07, 6.45) is 8.78. The molecular formula is C35H54O9. The molecule has 4 rings (SSSR count). The molecule has 0 heterocycles. The van der Waals surface area contributed by atoms with Gasteiger partial charge in [-0.1, -0.05) is 57.4 Å². The lowest BCUT2D eigenvalue weighted by Gasteiger charge is -2.57. The average molecular weight is 619 g/mol. The number of rotatable bonds is 11. The molecule has 0 aromatic carbocycles. The number of hydrogen-bond acceptors (Lipinski definition) is 9. The summed E-state index contributed by atoms with van der Waals surface area (Å²) >= 11 is 0. The molecule has 248 valence electrons. The number of carbonyl (C=O) groups excluding carboxylic acids is 3. The molecule has 3 fully saturated rings. The van der Waals surface area contributed by atoms with Crippen LogP contribution < -0.4 is 0 Å². The normalized spacial score (nSPS) is 34.2. The van der Waals surface area contributed by atoms with E-state index in [1.165, 1.54) is 19.8 Å². The SMILES string of the molecule is CC[C@H](CC(=O)C(C)(C)OCOC)[C@H](C)[C@H]1CC[C@H]2C3=CC=C4C[C@@H](OC(=O)OC)C[C@H](OC(=O)OC)[C@]4(C)C3CC[C@]12C. The Morgan fingerprint density at radius 2 is 1.66 bits per heavy atom. The van der Waals surface area contributed by atoms with Crippen molar-refractivity contribution in [2.75, 3.05) is 28.1 Å². The largest absolute Gasteiger partial charge is 0.508 e. The van der Waals surface area contributed by atoms with Gasteiger partial charge in [-0.15, -0.1) is 0 Å². The van der Waals surface area contributed by atoms with Crippen LogP contribution in [-0.4, -0.2) is 64.0 Å². The van der Waals surface area contributed by atoms with Crippen LogP contribution >= 0.6 is 0 Å². The highest BCUT2D eigenvalue weighted by molar-refractivity contribution is 5.86. The van der Waals surface area contributed by atoms with E-state index < -0.39 is 35.5 Å². The summed E-state index contributed by atoms with van der Waals surface area (Å²) in [5, 5.41) is 0. The first-order valence-electron chi connectivity index (χ1n) is 16.3. The van der Waals surface area contributed by atoms with Gasteiger partial charge < -0.3 is 28.4 Å². The Hall–Kier alpha value is -2.39. The van der Waals surface area contributed by atoms with Crippen LogP contribution in [0.25, 0.3) is 0 Å².